The van der Waals surface area contributed by atoms with Gasteiger partial charge < -0.3 is 14.6 Å². The highest BCUT2D eigenvalue weighted by Gasteiger charge is 2.28. The van der Waals surface area contributed by atoms with Crippen LogP contribution in [0.5, 0.6) is 0 Å². The number of fused-ring (bicyclic) bond motifs is 4. The molecule has 34 heavy (non-hydrogen) atoms. The van der Waals surface area contributed by atoms with E-state index in [1.165, 1.54) is 17.7 Å². The maximum absolute atomic E-state index is 6.32. The van der Waals surface area contributed by atoms with Gasteiger partial charge in [-0.2, -0.15) is 0 Å². The third-order valence-corrected chi connectivity index (χ3v) is 7.46. The Morgan fingerprint density at radius 1 is 1.00 bits per heavy atom. The Labute approximate surface area is 201 Å². The van der Waals surface area contributed by atoms with Crippen LogP contribution in [0.3, 0.4) is 0 Å². The Morgan fingerprint density at radius 2 is 1.91 bits per heavy atom. The molecular weight excluding hydrogens is 422 g/mol. The summed E-state index contributed by atoms with van der Waals surface area (Å²) in [6.07, 6.45) is 8.52. The number of aryl methyl sites for hydroxylation is 1. The van der Waals surface area contributed by atoms with Gasteiger partial charge in [0.15, 0.2) is 5.58 Å². The van der Waals surface area contributed by atoms with E-state index in [1.54, 1.807) is 0 Å². The second-order valence-corrected chi connectivity index (χ2v) is 9.60. The van der Waals surface area contributed by atoms with Gasteiger partial charge in [-0.25, -0.2) is 0 Å². The number of aromatic nitrogens is 2. The van der Waals surface area contributed by atoms with Gasteiger partial charge in [0.05, 0.1) is 17.4 Å². The SMILES string of the molecule is c1cnc2c(c1)CCCC2N(CCCN1CCNCC1)Cc1nccc2c1oc1ccccc12. The molecule has 3 aromatic heterocycles. The quantitative estimate of drug-likeness (QED) is 0.441. The van der Waals surface area contributed by atoms with Gasteiger partial charge >= 0.3 is 0 Å². The molecule has 1 unspecified atom stereocenters. The Balaban J connectivity index is 1.30. The third-order valence-electron chi connectivity index (χ3n) is 7.46. The second kappa shape index (κ2) is 9.82. The van der Waals surface area contributed by atoms with Crippen molar-refractivity contribution in [2.45, 2.75) is 38.3 Å². The van der Waals surface area contributed by atoms with Crippen molar-refractivity contribution in [1.29, 1.82) is 0 Å². The van der Waals surface area contributed by atoms with Crippen molar-refractivity contribution in [1.82, 2.24) is 25.1 Å². The molecule has 1 aromatic carbocycles. The first-order chi connectivity index (χ1) is 16.9. The molecule has 176 valence electrons. The molecule has 1 atom stereocenters. The minimum absolute atomic E-state index is 0.328. The molecule has 1 saturated heterocycles. The average Bonchev–Trinajstić information content (AvgIpc) is 3.28. The topological polar surface area (TPSA) is 57.4 Å². The molecule has 2 aliphatic rings. The third kappa shape index (κ3) is 4.33. The number of hydrogen-bond donors (Lipinski definition) is 1. The van der Waals surface area contributed by atoms with Crippen LogP contribution < -0.4 is 5.32 Å². The highest BCUT2D eigenvalue weighted by molar-refractivity contribution is 6.05. The number of nitrogens with one attached hydrogen (secondary N) is 1. The van der Waals surface area contributed by atoms with Crippen molar-refractivity contribution < 1.29 is 4.42 Å². The van der Waals surface area contributed by atoms with Crippen LogP contribution in [0.4, 0.5) is 0 Å². The minimum Gasteiger partial charge on any atom is -0.454 e. The Kier molecular flexibility index (Phi) is 6.27. The molecule has 1 aliphatic heterocycles. The van der Waals surface area contributed by atoms with E-state index >= 15 is 0 Å². The number of furan rings is 1. The van der Waals surface area contributed by atoms with Gasteiger partial charge in [0.2, 0.25) is 0 Å². The molecule has 0 radical (unpaired) electrons. The van der Waals surface area contributed by atoms with Gasteiger partial charge in [0.1, 0.15) is 5.58 Å². The predicted molar refractivity (Wildman–Crippen MR) is 136 cm³/mol. The van der Waals surface area contributed by atoms with Gasteiger partial charge in [-0.15, -0.1) is 0 Å². The highest BCUT2D eigenvalue weighted by Crippen LogP contribution is 2.35. The van der Waals surface area contributed by atoms with Crippen LogP contribution in [-0.2, 0) is 13.0 Å². The van der Waals surface area contributed by atoms with Crippen molar-refractivity contribution in [3.8, 4) is 0 Å². The summed E-state index contributed by atoms with van der Waals surface area (Å²) < 4.78 is 6.32. The van der Waals surface area contributed by atoms with Crippen LogP contribution in [-0.4, -0.2) is 59.0 Å². The van der Waals surface area contributed by atoms with E-state index < -0.39 is 0 Å². The molecule has 6 nitrogen and oxygen atoms in total. The molecule has 6 rings (SSSR count). The zero-order chi connectivity index (χ0) is 22.7. The lowest BCUT2D eigenvalue weighted by Gasteiger charge is -2.35. The van der Waals surface area contributed by atoms with E-state index in [9.17, 15) is 0 Å². The summed E-state index contributed by atoms with van der Waals surface area (Å²) in [4.78, 5) is 14.9. The van der Waals surface area contributed by atoms with Crippen LogP contribution >= 0.6 is 0 Å². The molecule has 4 heterocycles. The number of nitrogens with zero attached hydrogens (tertiary/aromatic N) is 4. The van der Waals surface area contributed by atoms with Crippen LogP contribution in [0.15, 0.2) is 59.3 Å². The molecular formula is C28H33N5O. The summed E-state index contributed by atoms with van der Waals surface area (Å²) in [6, 6.07) is 15.0. The molecule has 1 aliphatic carbocycles. The van der Waals surface area contributed by atoms with E-state index in [2.05, 4.69) is 45.4 Å². The fourth-order valence-corrected chi connectivity index (χ4v) is 5.73. The number of pyridine rings is 2. The first-order valence-electron chi connectivity index (χ1n) is 12.7. The molecule has 1 N–H and O–H groups in total. The number of rotatable bonds is 7. The maximum atomic E-state index is 6.32. The van der Waals surface area contributed by atoms with E-state index in [4.69, 9.17) is 14.4 Å². The van der Waals surface area contributed by atoms with Gasteiger partial charge in [-0.3, -0.25) is 14.9 Å². The van der Waals surface area contributed by atoms with Crippen LogP contribution in [0.2, 0.25) is 0 Å². The predicted octanol–water partition coefficient (Wildman–Crippen LogP) is 4.55. The second-order valence-electron chi connectivity index (χ2n) is 9.60. The maximum Gasteiger partial charge on any atom is 0.158 e. The fraction of sp³-hybridized carbons (Fsp3) is 0.429. The monoisotopic (exact) mass is 455 g/mol. The summed E-state index contributed by atoms with van der Waals surface area (Å²) in [5, 5.41) is 5.78. The summed E-state index contributed by atoms with van der Waals surface area (Å²) in [5.74, 6) is 0. The molecule has 0 amide bonds. The Morgan fingerprint density at radius 3 is 2.85 bits per heavy atom. The normalized spacial score (nSPS) is 19.1. The van der Waals surface area contributed by atoms with Gasteiger partial charge in [0, 0.05) is 62.4 Å². The first kappa shape index (κ1) is 21.7. The smallest absolute Gasteiger partial charge is 0.158 e. The minimum atomic E-state index is 0.328. The lowest BCUT2D eigenvalue weighted by Crippen LogP contribution is -2.44. The summed E-state index contributed by atoms with van der Waals surface area (Å²) >= 11 is 0. The number of hydrogen-bond acceptors (Lipinski definition) is 6. The van der Waals surface area contributed by atoms with E-state index in [1.807, 2.05) is 24.5 Å². The van der Waals surface area contributed by atoms with Crippen molar-refractivity contribution in [2.75, 3.05) is 39.3 Å². The molecule has 4 aromatic rings. The van der Waals surface area contributed by atoms with Crippen LogP contribution in [0.1, 0.15) is 42.3 Å². The van der Waals surface area contributed by atoms with Crippen molar-refractivity contribution in [2.24, 2.45) is 0 Å². The number of benzene rings is 1. The Bertz CT molecular complexity index is 1260. The molecule has 1 fully saturated rings. The molecule has 6 heteroatoms. The van der Waals surface area contributed by atoms with Crippen molar-refractivity contribution in [3.05, 3.63) is 71.8 Å². The zero-order valence-electron chi connectivity index (χ0n) is 19.7. The highest BCUT2D eigenvalue weighted by atomic mass is 16.3. The van der Waals surface area contributed by atoms with E-state index in [0.717, 1.165) is 92.7 Å². The largest absolute Gasteiger partial charge is 0.454 e. The summed E-state index contributed by atoms with van der Waals surface area (Å²) in [7, 11) is 0. The van der Waals surface area contributed by atoms with Crippen molar-refractivity contribution >= 4 is 21.9 Å². The van der Waals surface area contributed by atoms with Gasteiger partial charge in [0.25, 0.3) is 0 Å². The standard InChI is InChI=1S/C28H33N5O/c1-2-10-26-22(8-1)23-11-13-30-24(28(23)34-26)20-33(17-5-16-32-18-14-29-15-19-32)25-9-3-6-21-7-4-12-31-27(21)25/h1-2,4,7-8,10-13,25,29H,3,5-6,9,14-20H2. The van der Waals surface area contributed by atoms with Crippen LogP contribution in [0, 0.1) is 0 Å². The number of piperazine rings is 1. The Hall–Kier alpha value is -2.80. The van der Waals surface area contributed by atoms with E-state index in [0.29, 0.717) is 6.04 Å². The lowest BCUT2D eigenvalue weighted by atomic mass is 9.90. The van der Waals surface area contributed by atoms with Gasteiger partial charge in [-0.05, 0) is 56.0 Å². The molecule has 0 spiro atoms. The number of para-hydroxylation sites is 1. The molecule has 0 bridgehead atoms. The lowest BCUT2D eigenvalue weighted by molar-refractivity contribution is 0.148. The summed E-state index contributed by atoms with van der Waals surface area (Å²) in [5.41, 5.74) is 5.54. The summed E-state index contributed by atoms with van der Waals surface area (Å²) in [6.45, 7) is 7.44. The van der Waals surface area contributed by atoms with Crippen LogP contribution in [0.25, 0.3) is 21.9 Å². The van der Waals surface area contributed by atoms with E-state index in [-0.39, 0.29) is 0 Å². The molecule has 0 saturated carbocycles. The van der Waals surface area contributed by atoms with Gasteiger partial charge in [-0.1, -0.05) is 24.3 Å². The fourth-order valence-electron chi connectivity index (χ4n) is 5.73. The average molecular weight is 456 g/mol. The first-order valence-corrected chi connectivity index (χ1v) is 12.7. The van der Waals surface area contributed by atoms with Crippen molar-refractivity contribution in [3.63, 3.8) is 0 Å². The zero-order valence-corrected chi connectivity index (χ0v) is 19.7.